The van der Waals surface area contributed by atoms with Gasteiger partial charge in [-0.3, -0.25) is 0 Å². The van der Waals surface area contributed by atoms with Crippen LogP contribution in [0.4, 0.5) is 0 Å². The highest BCUT2D eigenvalue weighted by Crippen LogP contribution is 2.27. The average Bonchev–Trinajstić information content (AvgIpc) is 2.09. The minimum atomic E-state index is -3.46. The molecule has 72 valence electrons. The summed E-state index contributed by atoms with van der Waals surface area (Å²) >= 11 is 0. The molecule has 0 fully saturated rings. The van der Waals surface area contributed by atoms with E-state index in [1.807, 2.05) is 0 Å². The van der Waals surface area contributed by atoms with Gasteiger partial charge in [-0.15, -0.1) is 0 Å². The quantitative estimate of drug-likeness (QED) is 0.698. The van der Waals surface area contributed by atoms with Gasteiger partial charge >= 0.3 is 0 Å². The molecule has 0 amide bonds. The highest BCUT2D eigenvalue weighted by atomic mass is 32.2. The van der Waals surface area contributed by atoms with Gasteiger partial charge in [-0.05, 0) is 12.1 Å². The first-order chi connectivity index (χ1) is 5.97. The smallest absolute Gasteiger partial charge is 0.181 e. The number of hydrogen-bond donors (Lipinski definition) is 2. The Balaban J connectivity index is 3.38. The van der Waals surface area contributed by atoms with Crippen LogP contribution < -0.4 is 0 Å². The molecule has 1 aromatic rings. The summed E-state index contributed by atoms with van der Waals surface area (Å²) in [7, 11) is -3.46. The number of hydrogen-bond acceptors (Lipinski definition) is 4. The highest BCUT2D eigenvalue weighted by molar-refractivity contribution is 7.91. The van der Waals surface area contributed by atoms with Crippen molar-refractivity contribution in [3.8, 4) is 11.5 Å². The number of phenols is 2. The SMILES string of the molecule is CCS(=O)(=O)c1cc(O)ccc1O. The largest absolute Gasteiger partial charge is 0.508 e. The highest BCUT2D eigenvalue weighted by Gasteiger charge is 2.16. The Hall–Kier alpha value is -1.23. The summed E-state index contributed by atoms with van der Waals surface area (Å²) in [4.78, 5) is -0.227. The van der Waals surface area contributed by atoms with Crippen LogP contribution in [-0.2, 0) is 9.84 Å². The molecule has 13 heavy (non-hydrogen) atoms. The Morgan fingerprint density at radius 1 is 1.31 bits per heavy atom. The zero-order valence-electron chi connectivity index (χ0n) is 7.06. The van der Waals surface area contributed by atoms with Gasteiger partial charge in [0.15, 0.2) is 9.84 Å². The second-order valence-electron chi connectivity index (χ2n) is 2.56. The van der Waals surface area contributed by atoms with Crippen LogP contribution in [0.1, 0.15) is 6.92 Å². The fraction of sp³-hybridized carbons (Fsp3) is 0.250. The molecule has 0 aliphatic carbocycles. The summed E-state index contributed by atoms with van der Waals surface area (Å²) in [5.74, 6) is -0.617. The van der Waals surface area contributed by atoms with E-state index in [0.717, 1.165) is 12.1 Å². The third kappa shape index (κ3) is 1.92. The van der Waals surface area contributed by atoms with Crippen LogP contribution in [0, 0.1) is 0 Å². The molecule has 4 nitrogen and oxygen atoms in total. The summed E-state index contributed by atoms with van der Waals surface area (Å²) in [5.41, 5.74) is 0. The predicted octanol–water partition coefficient (Wildman–Crippen LogP) is 0.891. The fourth-order valence-corrected chi connectivity index (χ4v) is 1.91. The lowest BCUT2D eigenvalue weighted by molar-refractivity contribution is 0.445. The van der Waals surface area contributed by atoms with Gasteiger partial charge in [-0.25, -0.2) is 8.42 Å². The minimum absolute atomic E-state index is 0.107. The summed E-state index contributed by atoms with van der Waals surface area (Å²) in [6.45, 7) is 1.47. The third-order valence-electron chi connectivity index (χ3n) is 1.66. The number of benzene rings is 1. The van der Waals surface area contributed by atoms with E-state index < -0.39 is 9.84 Å². The number of phenolic OH excluding ortho intramolecular Hbond substituents is 2. The van der Waals surface area contributed by atoms with Crippen LogP contribution in [0.3, 0.4) is 0 Å². The van der Waals surface area contributed by atoms with E-state index in [-0.39, 0.29) is 22.1 Å². The Morgan fingerprint density at radius 3 is 2.46 bits per heavy atom. The van der Waals surface area contributed by atoms with Gasteiger partial charge in [0.25, 0.3) is 0 Å². The molecule has 0 heterocycles. The molecule has 0 radical (unpaired) electrons. The van der Waals surface area contributed by atoms with E-state index in [0.29, 0.717) is 0 Å². The van der Waals surface area contributed by atoms with Crippen molar-refractivity contribution in [2.24, 2.45) is 0 Å². The van der Waals surface area contributed by atoms with Crippen molar-refractivity contribution in [2.45, 2.75) is 11.8 Å². The molecule has 1 rings (SSSR count). The summed E-state index contributed by atoms with van der Waals surface area (Å²) in [5, 5.41) is 18.2. The van der Waals surface area contributed by atoms with Crippen molar-refractivity contribution >= 4 is 9.84 Å². The van der Waals surface area contributed by atoms with E-state index in [1.165, 1.54) is 13.0 Å². The van der Waals surface area contributed by atoms with Crippen LogP contribution in [-0.4, -0.2) is 24.4 Å². The molecular formula is C8H10O4S. The first kappa shape index (κ1) is 9.85. The molecule has 0 spiro atoms. The lowest BCUT2D eigenvalue weighted by Gasteiger charge is -2.03. The molecule has 2 N–H and O–H groups in total. The van der Waals surface area contributed by atoms with Crippen LogP contribution in [0.5, 0.6) is 11.5 Å². The predicted molar refractivity (Wildman–Crippen MR) is 47.5 cm³/mol. The Bertz CT molecular complexity index is 408. The van der Waals surface area contributed by atoms with E-state index in [9.17, 15) is 13.5 Å². The van der Waals surface area contributed by atoms with Gasteiger partial charge in [-0.2, -0.15) is 0 Å². The molecule has 5 heteroatoms. The van der Waals surface area contributed by atoms with Gasteiger partial charge in [0.05, 0.1) is 5.75 Å². The molecule has 1 aromatic carbocycles. The van der Waals surface area contributed by atoms with Gasteiger partial charge in [0.1, 0.15) is 16.4 Å². The topological polar surface area (TPSA) is 74.6 Å². The molecule has 0 bridgehead atoms. The van der Waals surface area contributed by atoms with Gasteiger partial charge < -0.3 is 10.2 Å². The molecule has 0 saturated heterocycles. The molecule has 0 aromatic heterocycles. The molecule has 0 unspecified atom stereocenters. The summed E-state index contributed by atoms with van der Waals surface area (Å²) in [6, 6.07) is 3.41. The second-order valence-corrected chi connectivity index (χ2v) is 4.80. The van der Waals surface area contributed by atoms with Crippen molar-refractivity contribution in [1.82, 2.24) is 0 Å². The zero-order valence-corrected chi connectivity index (χ0v) is 7.87. The molecule has 0 aliphatic rings. The van der Waals surface area contributed by atoms with Crippen molar-refractivity contribution in [2.75, 3.05) is 5.75 Å². The third-order valence-corrected chi connectivity index (χ3v) is 3.42. The van der Waals surface area contributed by atoms with E-state index in [4.69, 9.17) is 5.11 Å². The zero-order chi connectivity index (χ0) is 10.1. The van der Waals surface area contributed by atoms with E-state index in [2.05, 4.69) is 0 Å². The number of rotatable bonds is 2. The van der Waals surface area contributed by atoms with Crippen LogP contribution in [0.25, 0.3) is 0 Å². The van der Waals surface area contributed by atoms with Crippen molar-refractivity contribution in [3.05, 3.63) is 18.2 Å². The van der Waals surface area contributed by atoms with Gasteiger partial charge in [0, 0.05) is 6.07 Å². The fourth-order valence-electron chi connectivity index (χ4n) is 0.907. The lowest BCUT2D eigenvalue weighted by atomic mass is 10.3. The van der Waals surface area contributed by atoms with Crippen molar-refractivity contribution in [3.63, 3.8) is 0 Å². The maximum absolute atomic E-state index is 11.3. The van der Waals surface area contributed by atoms with E-state index in [1.54, 1.807) is 0 Å². The van der Waals surface area contributed by atoms with Crippen LogP contribution in [0.2, 0.25) is 0 Å². The van der Waals surface area contributed by atoms with Crippen molar-refractivity contribution < 1.29 is 18.6 Å². The maximum atomic E-state index is 11.3. The Kier molecular flexibility index (Phi) is 2.47. The maximum Gasteiger partial charge on any atom is 0.181 e. The molecule has 0 aliphatic heterocycles. The monoisotopic (exact) mass is 202 g/mol. The van der Waals surface area contributed by atoms with Crippen LogP contribution in [0.15, 0.2) is 23.1 Å². The Morgan fingerprint density at radius 2 is 1.92 bits per heavy atom. The first-order valence-corrected chi connectivity index (χ1v) is 5.37. The van der Waals surface area contributed by atoms with Gasteiger partial charge in [0.2, 0.25) is 0 Å². The standard InChI is InChI=1S/C8H10O4S/c1-2-13(11,12)8-5-6(9)3-4-7(8)10/h3-5,9-10H,2H2,1H3. The average molecular weight is 202 g/mol. The van der Waals surface area contributed by atoms with E-state index >= 15 is 0 Å². The summed E-state index contributed by atoms with van der Waals surface area (Å²) in [6.07, 6.45) is 0. The van der Waals surface area contributed by atoms with Gasteiger partial charge in [-0.1, -0.05) is 6.92 Å². The first-order valence-electron chi connectivity index (χ1n) is 3.72. The number of aromatic hydroxyl groups is 2. The number of sulfone groups is 1. The van der Waals surface area contributed by atoms with Crippen LogP contribution >= 0.6 is 0 Å². The second kappa shape index (κ2) is 3.26. The van der Waals surface area contributed by atoms with Crippen molar-refractivity contribution in [1.29, 1.82) is 0 Å². The lowest BCUT2D eigenvalue weighted by Crippen LogP contribution is -2.03. The summed E-state index contributed by atoms with van der Waals surface area (Å²) < 4.78 is 22.6. The Labute approximate surface area is 76.4 Å². The molecule has 0 atom stereocenters. The normalized spacial score (nSPS) is 11.5. The molecular weight excluding hydrogens is 192 g/mol. The molecule has 0 saturated carbocycles. The minimum Gasteiger partial charge on any atom is -0.508 e.